The van der Waals surface area contributed by atoms with Crippen LogP contribution in [-0.4, -0.2) is 18.7 Å². The number of esters is 1. The predicted molar refractivity (Wildman–Crippen MR) is 75.4 cm³/mol. The predicted octanol–water partition coefficient (Wildman–Crippen LogP) is 3.39. The third-order valence-electron chi connectivity index (χ3n) is 2.85. The molecule has 1 aromatic carbocycles. The lowest BCUT2D eigenvalue weighted by molar-refractivity contribution is -0.149. The van der Waals surface area contributed by atoms with E-state index in [1.54, 1.807) is 0 Å². The van der Waals surface area contributed by atoms with E-state index < -0.39 is 0 Å². The lowest BCUT2D eigenvalue weighted by atomic mass is 10.0. The molecule has 1 rings (SSSR count). The molecule has 0 bridgehead atoms. The highest BCUT2D eigenvalue weighted by Crippen LogP contribution is 2.13. The molecule has 2 unspecified atom stereocenters. The minimum Gasteiger partial charge on any atom is -0.465 e. The van der Waals surface area contributed by atoms with Gasteiger partial charge in [-0.05, 0) is 32.3 Å². The number of benzene rings is 1. The van der Waals surface area contributed by atoms with Crippen molar-refractivity contribution in [1.29, 1.82) is 0 Å². The van der Waals surface area contributed by atoms with Gasteiger partial charge in [0.15, 0.2) is 0 Å². The molecule has 0 amide bonds. The number of carbonyl (C=O) groups excluding carboxylic acids is 1. The maximum Gasteiger partial charge on any atom is 0.308 e. The van der Waals surface area contributed by atoms with Gasteiger partial charge in [-0.3, -0.25) is 4.79 Å². The third-order valence-corrected chi connectivity index (χ3v) is 2.85. The van der Waals surface area contributed by atoms with Crippen molar-refractivity contribution >= 4 is 5.97 Å². The smallest absolute Gasteiger partial charge is 0.308 e. The van der Waals surface area contributed by atoms with Gasteiger partial charge < -0.3 is 9.47 Å². The Morgan fingerprint density at radius 1 is 1.26 bits per heavy atom. The molecule has 1 aromatic rings. The molecule has 3 heteroatoms. The molecule has 19 heavy (non-hydrogen) atoms. The number of rotatable bonds is 8. The zero-order valence-corrected chi connectivity index (χ0v) is 11.8. The van der Waals surface area contributed by atoms with E-state index in [9.17, 15) is 4.79 Å². The summed E-state index contributed by atoms with van der Waals surface area (Å²) in [6.07, 6.45) is 1.31. The molecular weight excluding hydrogens is 240 g/mol. The quantitative estimate of drug-likeness (QED) is 0.674. The Kier molecular flexibility index (Phi) is 7.19. The Bertz CT molecular complexity index is 362. The van der Waals surface area contributed by atoms with E-state index in [4.69, 9.17) is 9.47 Å². The van der Waals surface area contributed by atoms with Crippen molar-refractivity contribution in [2.75, 3.05) is 6.61 Å². The minimum absolute atomic E-state index is 0.0301. The van der Waals surface area contributed by atoms with E-state index in [-0.39, 0.29) is 18.0 Å². The van der Waals surface area contributed by atoms with Gasteiger partial charge in [-0.2, -0.15) is 0 Å². The van der Waals surface area contributed by atoms with Gasteiger partial charge in [-0.25, -0.2) is 0 Å². The van der Waals surface area contributed by atoms with Gasteiger partial charge in [0.05, 0.1) is 25.2 Å². The highest BCUT2D eigenvalue weighted by atomic mass is 16.5. The Labute approximate surface area is 115 Å². The average molecular weight is 263 g/mol. The van der Waals surface area contributed by atoms with Crippen LogP contribution in [-0.2, 0) is 20.9 Å². The summed E-state index contributed by atoms with van der Waals surface area (Å²) in [6.45, 7) is 8.45. The SMILES string of the molecule is [CH2]CCOC(=O)C(C)CC(C)OCc1ccccc1. The van der Waals surface area contributed by atoms with Crippen LogP contribution in [0.2, 0.25) is 0 Å². The van der Waals surface area contributed by atoms with Crippen LogP contribution in [0.15, 0.2) is 30.3 Å². The van der Waals surface area contributed by atoms with Crippen molar-refractivity contribution < 1.29 is 14.3 Å². The third kappa shape index (κ3) is 6.39. The fourth-order valence-corrected chi connectivity index (χ4v) is 1.79. The van der Waals surface area contributed by atoms with Gasteiger partial charge in [0.25, 0.3) is 0 Å². The largest absolute Gasteiger partial charge is 0.465 e. The second kappa shape index (κ2) is 8.70. The lowest BCUT2D eigenvalue weighted by Gasteiger charge is -2.17. The molecule has 0 heterocycles. The summed E-state index contributed by atoms with van der Waals surface area (Å²) in [7, 11) is 0. The van der Waals surface area contributed by atoms with Gasteiger partial charge in [0, 0.05) is 0 Å². The van der Waals surface area contributed by atoms with Crippen molar-refractivity contribution in [3.8, 4) is 0 Å². The molecular formula is C16H23O3. The standard InChI is InChI=1S/C16H23O3/c1-4-10-18-16(17)13(2)11-14(3)19-12-15-8-6-5-7-9-15/h5-9,13-14H,1,4,10-12H2,2-3H3. The number of hydrogen-bond acceptors (Lipinski definition) is 3. The first-order valence-corrected chi connectivity index (χ1v) is 6.75. The van der Waals surface area contributed by atoms with Crippen LogP contribution in [0.4, 0.5) is 0 Å². The summed E-state index contributed by atoms with van der Waals surface area (Å²) < 4.78 is 10.8. The molecule has 0 saturated heterocycles. The van der Waals surface area contributed by atoms with E-state index in [0.29, 0.717) is 26.1 Å². The topological polar surface area (TPSA) is 35.5 Å². The second-order valence-corrected chi connectivity index (χ2v) is 4.77. The maximum absolute atomic E-state index is 11.6. The first kappa shape index (κ1) is 15.7. The van der Waals surface area contributed by atoms with Crippen LogP contribution in [0.3, 0.4) is 0 Å². The Balaban J connectivity index is 2.26. The molecule has 3 nitrogen and oxygen atoms in total. The maximum atomic E-state index is 11.6. The average Bonchev–Trinajstić information content (AvgIpc) is 2.43. The molecule has 2 atom stereocenters. The fourth-order valence-electron chi connectivity index (χ4n) is 1.79. The van der Waals surface area contributed by atoms with Crippen LogP contribution in [0, 0.1) is 12.8 Å². The Morgan fingerprint density at radius 3 is 2.58 bits per heavy atom. The highest BCUT2D eigenvalue weighted by Gasteiger charge is 2.17. The monoisotopic (exact) mass is 263 g/mol. The number of carbonyl (C=O) groups is 1. The Hall–Kier alpha value is -1.35. The van der Waals surface area contributed by atoms with Crippen molar-refractivity contribution in [3.05, 3.63) is 42.8 Å². The molecule has 0 spiro atoms. The van der Waals surface area contributed by atoms with Crippen LogP contribution < -0.4 is 0 Å². The Morgan fingerprint density at radius 2 is 1.95 bits per heavy atom. The molecule has 1 radical (unpaired) electrons. The van der Waals surface area contributed by atoms with E-state index in [1.807, 2.05) is 44.2 Å². The van der Waals surface area contributed by atoms with E-state index >= 15 is 0 Å². The van der Waals surface area contributed by atoms with E-state index in [1.165, 1.54) is 0 Å². The summed E-state index contributed by atoms with van der Waals surface area (Å²) in [6, 6.07) is 10.0. The van der Waals surface area contributed by atoms with Crippen LogP contribution in [0.1, 0.15) is 32.3 Å². The highest BCUT2D eigenvalue weighted by molar-refractivity contribution is 5.71. The van der Waals surface area contributed by atoms with Gasteiger partial charge in [-0.15, -0.1) is 0 Å². The molecule has 0 saturated carbocycles. The van der Waals surface area contributed by atoms with Crippen molar-refractivity contribution in [2.45, 2.75) is 39.4 Å². The molecule has 0 N–H and O–H groups in total. The second-order valence-electron chi connectivity index (χ2n) is 4.77. The summed E-state index contributed by atoms with van der Waals surface area (Å²) in [5.41, 5.74) is 1.14. The van der Waals surface area contributed by atoms with E-state index in [0.717, 1.165) is 5.56 Å². The molecule has 0 aliphatic carbocycles. The van der Waals surface area contributed by atoms with Crippen LogP contribution in [0.5, 0.6) is 0 Å². The molecule has 105 valence electrons. The minimum atomic E-state index is -0.168. The van der Waals surface area contributed by atoms with Gasteiger partial charge in [0.1, 0.15) is 0 Å². The zero-order chi connectivity index (χ0) is 14.1. The summed E-state index contributed by atoms with van der Waals surface area (Å²) in [4.78, 5) is 11.6. The fraction of sp³-hybridized carbons (Fsp3) is 0.500. The molecule has 0 aliphatic rings. The zero-order valence-electron chi connectivity index (χ0n) is 11.8. The van der Waals surface area contributed by atoms with Crippen molar-refractivity contribution in [2.24, 2.45) is 5.92 Å². The molecule has 0 fully saturated rings. The van der Waals surface area contributed by atoms with E-state index in [2.05, 4.69) is 6.92 Å². The lowest BCUT2D eigenvalue weighted by Crippen LogP contribution is -2.21. The van der Waals surface area contributed by atoms with Gasteiger partial charge >= 0.3 is 5.97 Å². The summed E-state index contributed by atoms with van der Waals surface area (Å²) >= 11 is 0. The number of hydrogen-bond donors (Lipinski definition) is 0. The van der Waals surface area contributed by atoms with Gasteiger partial charge in [0.2, 0.25) is 0 Å². The molecule has 0 aromatic heterocycles. The van der Waals surface area contributed by atoms with Crippen LogP contribution in [0.25, 0.3) is 0 Å². The first-order valence-electron chi connectivity index (χ1n) is 6.75. The van der Waals surface area contributed by atoms with Crippen LogP contribution >= 0.6 is 0 Å². The summed E-state index contributed by atoms with van der Waals surface area (Å²) in [5.74, 6) is -0.309. The van der Waals surface area contributed by atoms with Crippen molar-refractivity contribution in [1.82, 2.24) is 0 Å². The van der Waals surface area contributed by atoms with Gasteiger partial charge in [-0.1, -0.05) is 37.3 Å². The normalized spacial score (nSPS) is 13.8. The molecule has 0 aliphatic heterocycles. The van der Waals surface area contributed by atoms with Crippen molar-refractivity contribution in [3.63, 3.8) is 0 Å². The first-order chi connectivity index (χ1) is 9.13. The number of ether oxygens (including phenoxy) is 2. The summed E-state index contributed by atoms with van der Waals surface area (Å²) in [5, 5.41) is 0.